The fourth-order valence-electron chi connectivity index (χ4n) is 2.35. The van der Waals surface area contributed by atoms with E-state index in [4.69, 9.17) is 0 Å². The summed E-state index contributed by atoms with van der Waals surface area (Å²) in [6.07, 6.45) is 2.64. The number of sulfone groups is 1. The van der Waals surface area contributed by atoms with Crippen molar-refractivity contribution in [2.24, 2.45) is 4.99 Å². The van der Waals surface area contributed by atoms with Gasteiger partial charge < -0.3 is 4.90 Å². The molecular weight excluding hydrogens is 328 g/mol. The Bertz CT molecular complexity index is 821. The van der Waals surface area contributed by atoms with Gasteiger partial charge in [-0.15, -0.1) is 0 Å². The first-order valence-electron chi connectivity index (χ1n) is 7.57. The maximum absolute atomic E-state index is 12.5. The van der Waals surface area contributed by atoms with Crippen LogP contribution in [0.4, 0.5) is 0 Å². The monoisotopic (exact) mass is 348 g/mol. The topological polar surface area (TPSA) is 83.9 Å². The number of ketones is 1. The summed E-state index contributed by atoms with van der Waals surface area (Å²) in [5, 5.41) is 0. The second-order valence-corrected chi connectivity index (χ2v) is 7.76. The Kier molecular flexibility index (Phi) is 5.33. The van der Waals surface area contributed by atoms with Crippen LogP contribution in [0.15, 0.2) is 45.9 Å². The Labute approximate surface area is 141 Å². The molecule has 6 nitrogen and oxygen atoms in total. The summed E-state index contributed by atoms with van der Waals surface area (Å²) < 4.78 is 23.0. The van der Waals surface area contributed by atoms with Crippen LogP contribution in [0, 0.1) is 0 Å². The molecule has 0 saturated heterocycles. The van der Waals surface area contributed by atoms with Gasteiger partial charge in [-0.2, -0.15) is 0 Å². The number of carbonyl (C=O) groups excluding carboxylic acids is 2. The number of benzene rings is 1. The zero-order valence-corrected chi connectivity index (χ0v) is 14.8. The normalized spacial score (nSPS) is 14.9. The molecule has 0 N–H and O–H groups in total. The predicted molar refractivity (Wildman–Crippen MR) is 91.5 cm³/mol. The zero-order valence-electron chi connectivity index (χ0n) is 13.9. The van der Waals surface area contributed by atoms with Gasteiger partial charge in [0.1, 0.15) is 5.57 Å². The third-order valence-electron chi connectivity index (χ3n) is 3.76. The molecule has 0 radical (unpaired) electrons. The second-order valence-electron chi connectivity index (χ2n) is 5.74. The van der Waals surface area contributed by atoms with Gasteiger partial charge in [-0.3, -0.25) is 14.6 Å². The van der Waals surface area contributed by atoms with Crippen molar-refractivity contribution >= 4 is 27.2 Å². The molecule has 0 bridgehead atoms. The molecule has 0 saturated carbocycles. The van der Waals surface area contributed by atoms with Crippen LogP contribution < -0.4 is 0 Å². The highest BCUT2D eigenvalue weighted by atomic mass is 32.2. The lowest BCUT2D eigenvalue weighted by atomic mass is 10.0. The minimum Gasteiger partial charge on any atom is -0.334 e. The Morgan fingerprint density at radius 2 is 1.88 bits per heavy atom. The van der Waals surface area contributed by atoms with Crippen molar-refractivity contribution in [1.29, 1.82) is 0 Å². The Balaban J connectivity index is 2.17. The number of carbonyl (C=O) groups is 2. The minimum atomic E-state index is -3.25. The van der Waals surface area contributed by atoms with E-state index in [1.54, 1.807) is 19.1 Å². The van der Waals surface area contributed by atoms with E-state index in [0.717, 1.165) is 11.8 Å². The van der Waals surface area contributed by atoms with E-state index in [1.165, 1.54) is 23.2 Å². The van der Waals surface area contributed by atoms with Gasteiger partial charge in [-0.25, -0.2) is 8.42 Å². The summed E-state index contributed by atoms with van der Waals surface area (Å²) in [5.41, 5.74) is 1.58. The molecule has 0 unspecified atom stereocenters. The highest BCUT2D eigenvalue weighted by Gasteiger charge is 2.25. The van der Waals surface area contributed by atoms with Crippen molar-refractivity contribution in [2.45, 2.75) is 31.7 Å². The van der Waals surface area contributed by atoms with Gasteiger partial charge in [0, 0.05) is 37.7 Å². The molecule has 0 aromatic heterocycles. The summed E-state index contributed by atoms with van der Waals surface area (Å²) in [4.78, 5) is 30.4. The molecule has 0 aliphatic carbocycles. The van der Waals surface area contributed by atoms with Gasteiger partial charge in [0.15, 0.2) is 15.6 Å². The molecule has 0 spiro atoms. The van der Waals surface area contributed by atoms with Crippen molar-refractivity contribution in [3.63, 3.8) is 0 Å². The predicted octanol–water partition coefficient (Wildman–Crippen LogP) is 1.76. The molecule has 1 heterocycles. The van der Waals surface area contributed by atoms with Gasteiger partial charge >= 0.3 is 0 Å². The average molecular weight is 348 g/mol. The van der Waals surface area contributed by atoms with Crippen LogP contribution in [-0.2, 0) is 26.0 Å². The van der Waals surface area contributed by atoms with E-state index in [9.17, 15) is 18.0 Å². The van der Waals surface area contributed by atoms with E-state index >= 15 is 0 Å². The SMILES string of the molecule is CCN(Cc1ccc(S(C)(=O)=O)cc1)C(=O)C1=CN=C(C)CC1=O. The molecule has 128 valence electrons. The first-order valence-corrected chi connectivity index (χ1v) is 9.46. The lowest BCUT2D eigenvalue weighted by Gasteiger charge is -2.23. The lowest BCUT2D eigenvalue weighted by molar-refractivity contribution is -0.130. The molecule has 24 heavy (non-hydrogen) atoms. The van der Waals surface area contributed by atoms with Gasteiger partial charge in [0.2, 0.25) is 0 Å². The first kappa shape index (κ1) is 18.1. The maximum Gasteiger partial charge on any atom is 0.259 e. The molecule has 1 aliphatic rings. The number of hydrogen-bond donors (Lipinski definition) is 0. The molecule has 1 aromatic rings. The number of likely N-dealkylation sites (N-methyl/N-ethyl adjacent to an activating group) is 1. The molecule has 1 amide bonds. The number of Topliss-reactive ketones (excluding diaryl/α,β-unsaturated/α-hetero) is 1. The van der Waals surface area contributed by atoms with Crippen molar-refractivity contribution in [1.82, 2.24) is 4.90 Å². The van der Waals surface area contributed by atoms with Crippen LogP contribution in [0.1, 0.15) is 25.8 Å². The molecule has 0 atom stereocenters. The lowest BCUT2D eigenvalue weighted by Crippen LogP contribution is -2.34. The summed E-state index contributed by atoms with van der Waals surface area (Å²) in [6.45, 7) is 4.30. The molecule has 7 heteroatoms. The minimum absolute atomic E-state index is 0.0928. The Morgan fingerprint density at radius 3 is 2.38 bits per heavy atom. The highest BCUT2D eigenvalue weighted by molar-refractivity contribution is 7.90. The summed E-state index contributed by atoms with van der Waals surface area (Å²) in [5.74, 6) is -0.579. The van der Waals surface area contributed by atoms with Crippen LogP contribution in [0.25, 0.3) is 0 Å². The summed E-state index contributed by atoms with van der Waals surface area (Å²) in [7, 11) is -3.25. The van der Waals surface area contributed by atoms with E-state index in [2.05, 4.69) is 4.99 Å². The van der Waals surface area contributed by atoms with Crippen molar-refractivity contribution in [2.75, 3.05) is 12.8 Å². The van der Waals surface area contributed by atoms with Crippen molar-refractivity contribution in [3.05, 3.63) is 41.6 Å². The third kappa shape index (κ3) is 4.17. The van der Waals surface area contributed by atoms with E-state index in [0.29, 0.717) is 18.8 Å². The van der Waals surface area contributed by atoms with Gasteiger partial charge in [0.05, 0.1) is 4.90 Å². The van der Waals surface area contributed by atoms with Crippen LogP contribution in [0.5, 0.6) is 0 Å². The quantitative estimate of drug-likeness (QED) is 0.759. The van der Waals surface area contributed by atoms with Crippen LogP contribution in [-0.4, -0.2) is 43.5 Å². The van der Waals surface area contributed by atoms with Gasteiger partial charge in [-0.05, 0) is 31.5 Å². The van der Waals surface area contributed by atoms with Gasteiger partial charge in [0.25, 0.3) is 5.91 Å². The number of hydrogen-bond acceptors (Lipinski definition) is 5. The Hall–Kier alpha value is -2.28. The smallest absolute Gasteiger partial charge is 0.259 e. The summed E-state index contributed by atoms with van der Waals surface area (Å²) in [6, 6.07) is 6.38. The van der Waals surface area contributed by atoms with E-state index < -0.39 is 9.84 Å². The number of aliphatic imine (C=N–C) groups is 1. The third-order valence-corrected chi connectivity index (χ3v) is 4.88. The number of amides is 1. The molecule has 2 rings (SSSR count). The van der Waals surface area contributed by atoms with E-state index in [1.807, 2.05) is 6.92 Å². The fraction of sp³-hybridized carbons (Fsp3) is 0.353. The van der Waals surface area contributed by atoms with Crippen molar-refractivity contribution < 1.29 is 18.0 Å². The fourth-order valence-corrected chi connectivity index (χ4v) is 2.98. The highest BCUT2D eigenvalue weighted by Crippen LogP contribution is 2.16. The molecular formula is C17H20N2O4S. The molecule has 1 aromatic carbocycles. The first-order chi connectivity index (χ1) is 11.2. The molecule has 1 aliphatic heterocycles. The van der Waals surface area contributed by atoms with Crippen LogP contribution in [0.3, 0.4) is 0 Å². The second kappa shape index (κ2) is 7.09. The maximum atomic E-state index is 12.5. The average Bonchev–Trinajstić information content (AvgIpc) is 2.51. The van der Waals surface area contributed by atoms with Crippen LogP contribution in [0.2, 0.25) is 0 Å². The summed E-state index contributed by atoms with van der Waals surface area (Å²) >= 11 is 0. The van der Waals surface area contributed by atoms with Crippen molar-refractivity contribution in [3.8, 4) is 0 Å². The van der Waals surface area contributed by atoms with Gasteiger partial charge in [-0.1, -0.05) is 12.1 Å². The van der Waals surface area contributed by atoms with E-state index in [-0.39, 0.29) is 28.6 Å². The standard InChI is InChI=1S/C17H20N2O4S/c1-4-19(17(21)15-10-18-12(2)9-16(15)20)11-13-5-7-14(8-6-13)24(3,22)23/h5-8,10H,4,9,11H2,1-3H3. The number of rotatable bonds is 5. The molecule has 0 fully saturated rings. The largest absolute Gasteiger partial charge is 0.334 e. The Morgan fingerprint density at radius 1 is 1.25 bits per heavy atom. The van der Waals surface area contributed by atoms with Crippen LogP contribution >= 0.6 is 0 Å². The zero-order chi connectivity index (χ0) is 17.9. The number of nitrogens with zero attached hydrogens (tertiary/aromatic N) is 2.